The lowest BCUT2D eigenvalue weighted by molar-refractivity contribution is 0.102. The second-order valence-corrected chi connectivity index (χ2v) is 7.59. The zero-order chi connectivity index (χ0) is 18.7. The van der Waals surface area contributed by atoms with E-state index >= 15 is 0 Å². The molecule has 0 saturated carbocycles. The van der Waals surface area contributed by atoms with E-state index in [1.54, 1.807) is 0 Å². The molecule has 0 bridgehead atoms. The lowest BCUT2D eigenvalue weighted by Gasteiger charge is -2.38. The summed E-state index contributed by atoms with van der Waals surface area (Å²) in [7, 11) is 0. The van der Waals surface area contributed by atoms with E-state index in [1.165, 1.54) is 0 Å². The molecule has 3 nitrogen and oxygen atoms in total. The Kier molecular flexibility index (Phi) is 5.89. The summed E-state index contributed by atoms with van der Waals surface area (Å²) in [6, 6.07) is 17.2. The lowest BCUT2D eigenvalue weighted by Crippen LogP contribution is -2.47. The zero-order valence-corrected chi connectivity index (χ0v) is 17.2. The van der Waals surface area contributed by atoms with Crippen molar-refractivity contribution >= 4 is 39.0 Å². The summed E-state index contributed by atoms with van der Waals surface area (Å²) in [5.41, 5.74) is 3.37. The van der Waals surface area contributed by atoms with Gasteiger partial charge in [-0.25, -0.2) is 0 Å². The van der Waals surface area contributed by atoms with Crippen molar-refractivity contribution in [2.75, 3.05) is 6.54 Å². The topological polar surface area (TPSA) is 32.3 Å². The Bertz CT molecular complexity index is 863. The highest BCUT2D eigenvalue weighted by molar-refractivity contribution is 9.10. The minimum atomic E-state index is -0.263. The molecule has 0 saturated heterocycles. The molecule has 0 aliphatic carbocycles. The highest BCUT2D eigenvalue weighted by atomic mass is 79.9. The van der Waals surface area contributed by atoms with E-state index in [4.69, 9.17) is 12.2 Å². The van der Waals surface area contributed by atoms with Gasteiger partial charge in [0.1, 0.15) is 0 Å². The van der Waals surface area contributed by atoms with Crippen LogP contribution in [0.2, 0.25) is 0 Å². The van der Waals surface area contributed by atoms with Gasteiger partial charge in [0.05, 0.1) is 6.04 Å². The van der Waals surface area contributed by atoms with Gasteiger partial charge in [0.15, 0.2) is 10.9 Å². The van der Waals surface area contributed by atoms with Crippen molar-refractivity contribution in [2.45, 2.75) is 26.3 Å². The van der Waals surface area contributed by atoms with Gasteiger partial charge in [-0.05, 0) is 43.3 Å². The number of Topliss-reactive ketones (excluding diaryl/α,β-unsaturated/α-hetero) is 1. The fourth-order valence-corrected chi connectivity index (χ4v) is 4.01. The molecule has 1 aliphatic heterocycles. The van der Waals surface area contributed by atoms with E-state index < -0.39 is 0 Å². The minimum Gasteiger partial charge on any atom is -0.351 e. The number of nitrogens with one attached hydrogen (secondary N) is 1. The molecule has 26 heavy (non-hydrogen) atoms. The van der Waals surface area contributed by atoms with Gasteiger partial charge in [0, 0.05) is 27.9 Å². The van der Waals surface area contributed by atoms with Gasteiger partial charge >= 0.3 is 0 Å². The number of allylic oxidation sites excluding steroid dienone is 1. The van der Waals surface area contributed by atoms with E-state index in [0.29, 0.717) is 10.7 Å². The van der Waals surface area contributed by atoms with Gasteiger partial charge in [-0.1, -0.05) is 65.3 Å². The number of ketones is 1. The lowest BCUT2D eigenvalue weighted by atomic mass is 9.89. The van der Waals surface area contributed by atoms with Crippen LogP contribution in [-0.2, 0) is 0 Å². The maximum Gasteiger partial charge on any atom is 0.193 e. The molecular formula is C21H21BrN2OS. The molecule has 1 atom stereocenters. The van der Waals surface area contributed by atoms with Crippen LogP contribution in [0.5, 0.6) is 0 Å². The Morgan fingerprint density at radius 1 is 1.19 bits per heavy atom. The Balaban J connectivity index is 2.13. The molecule has 0 spiro atoms. The fraction of sp³-hybridized carbons (Fsp3) is 0.238. The fourth-order valence-electron chi connectivity index (χ4n) is 3.25. The third kappa shape index (κ3) is 3.74. The molecule has 5 heteroatoms. The van der Waals surface area contributed by atoms with Gasteiger partial charge in [0.25, 0.3) is 0 Å². The summed E-state index contributed by atoms with van der Waals surface area (Å²) in [4.78, 5) is 15.4. The first kappa shape index (κ1) is 18.8. The van der Waals surface area contributed by atoms with Gasteiger partial charge in [-0.3, -0.25) is 4.79 Å². The maximum atomic E-state index is 13.4. The van der Waals surface area contributed by atoms with Crippen molar-refractivity contribution in [3.05, 3.63) is 81.5 Å². The maximum absolute atomic E-state index is 13.4. The molecule has 1 unspecified atom stereocenters. The van der Waals surface area contributed by atoms with Crippen LogP contribution in [0.4, 0.5) is 0 Å². The number of carbonyl (C=O) groups excluding carboxylic acids is 1. The Labute approximate surface area is 168 Å². The summed E-state index contributed by atoms with van der Waals surface area (Å²) in [5.74, 6) is 0.0316. The molecule has 0 amide bonds. The Morgan fingerprint density at radius 2 is 1.92 bits per heavy atom. The normalized spacial score (nSPS) is 17.3. The minimum absolute atomic E-state index is 0.0316. The number of nitrogens with zero attached hydrogens (tertiary/aromatic N) is 1. The summed E-state index contributed by atoms with van der Waals surface area (Å²) >= 11 is 9.12. The molecule has 134 valence electrons. The molecule has 2 aromatic carbocycles. The van der Waals surface area contributed by atoms with Crippen molar-refractivity contribution in [2.24, 2.45) is 0 Å². The number of halogens is 1. The molecule has 0 radical (unpaired) electrons. The van der Waals surface area contributed by atoms with Crippen LogP contribution in [0, 0.1) is 0 Å². The first-order chi connectivity index (χ1) is 12.5. The van der Waals surface area contributed by atoms with Crippen LogP contribution in [0.15, 0.2) is 70.3 Å². The number of hydrogen-bond acceptors (Lipinski definition) is 2. The summed E-state index contributed by atoms with van der Waals surface area (Å²) in [5, 5.41) is 4.05. The first-order valence-corrected chi connectivity index (χ1v) is 9.87. The number of hydrogen-bond donors (Lipinski definition) is 1. The standard InChI is InChI=1S/C21H21BrN2OS/c1-3-12-24-14(2)18(20(25)15-8-5-4-6-9-15)19(23-21(24)26)16-10-7-11-17(22)13-16/h4-11,13,19H,3,12H2,1-2H3,(H,23,26). The summed E-state index contributed by atoms with van der Waals surface area (Å²) < 4.78 is 0.975. The Morgan fingerprint density at radius 3 is 2.58 bits per heavy atom. The van der Waals surface area contributed by atoms with Crippen LogP contribution in [0.3, 0.4) is 0 Å². The second-order valence-electron chi connectivity index (χ2n) is 6.28. The highest BCUT2D eigenvalue weighted by Gasteiger charge is 2.33. The van der Waals surface area contributed by atoms with Gasteiger partial charge in [-0.15, -0.1) is 0 Å². The summed E-state index contributed by atoms with van der Waals surface area (Å²) in [6.45, 7) is 4.88. The van der Waals surface area contributed by atoms with Crippen molar-refractivity contribution in [3.63, 3.8) is 0 Å². The molecule has 3 rings (SSSR count). The predicted molar refractivity (Wildman–Crippen MR) is 113 cm³/mol. The zero-order valence-electron chi connectivity index (χ0n) is 14.8. The molecule has 0 aromatic heterocycles. The third-order valence-electron chi connectivity index (χ3n) is 4.51. The van der Waals surface area contributed by atoms with Gasteiger partial charge in [-0.2, -0.15) is 0 Å². The molecule has 1 heterocycles. The van der Waals surface area contributed by atoms with Crippen molar-refractivity contribution in [3.8, 4) is 0 Å². The molecule has 0 fully saturated rings. The molecule has 1 aliphatic rings. The van der Waals surface area contributed by atoms with E-state index in [2.05, 4.69) is 28.2 Å². The third-order valence-corrected chi connectivity index (χ3v) is 5.34. The van der Waals surface area contributed by atoms with Gasteiger partial charge < -0.3 is 10.2 Å². The number of benzene rings is 2. The van der Waals surface area contributed by atoms with Crippen molar-refractivity contribution < 1.29 is 4.79 Å². The average molecular weight is 429 g/mol. The number of thiocarbonyl (C=S) groups is 1. The quantitative estimate of drug-likeness (QED) is 0.520. The largest absolute Gasteiger partial charge is 0.351 e. The van der Waals surface area contributed by atoms with Crippen LogP contribution >= 0.6 is 28.1 Å². The second kappa shape index (κ2) is 8.14. The van der Waals surface area contributed by atoms with Crippen molar-refractivity contribution in [1.29, 1.82) is 0 Å². The van der Waals surface area contributed by atoms with Crippen LogP contribution < -0.4 is 5.32 Å². The van der Waals surface area contributed by atoms with E-state index in [9.17, 15) is 4.79 Å². The molecule has 1 N–H and O–H groups in total. The molecule has 2 aromatic rings. The number of rotatable bonds is 5. The average Bonchev–Trinajstić information content (AvgIpc) is 2.65. The van der Waals surface area contributed by atoms with E-state index in [0.717, 1.165) is 34.3 Å². The van der Waals surface area contributed by atoms with Crippen LogP contribution in [-0.4, -0.2) is 22.3 Å². The van der Waals surface area contributed by atoms with Crippen LogP contribution in [0.25, 0.3) is 0 Å². The van der Waals surface area contributed by atoms with Crippen molar-refractivity contribution in [1.82, 2.24) is 10.2 Å². The van der Waals surface area contributed by atoms with Crippen LogP contribution in [0.1, 0.15) is 42.2 Å². The smallest absolute Gasteiger partial charge is 0.193 e. The molecular weight excluding hydrogens is 408 g/mol. The SMILES string of the molecule is CCCN1C(=S)NC(c2cccc(Br)c2)C(C(=O)c2ccccc2)=C1C. The predicted octanol–water partition coefficient (Wildman–Crippen LogP) is 5.25. The summed E-state index contributed by atoms with van der Waals surface area (Å²) in [6.07, 6.45) is 0.952. The van der Waals surface area contributed by atoms with Gasteiger partial charge in [0.2, 0.25) is 0 Å². The van der Waals surface area contributed by atoms with E-state index in [-0.39, 0.29) is 11.8 Å². The highest BCUT2D eigenvalue weighted by Crippen LogP contribution is 2.33. The number of carbonyl (C=O) groups is 1. The Hall–Kier alpha value is -1.98. The van der Waals surface area contributed by atoms with E-state index in [1.807, 2.05) is 66.4 Å². The first-order valence-electron chi connectivity index (χ1n) is 8.67. The monoisotopic (exact) mass is 428 g/mol.